The Morgan fingerprint density at radius 3 is 2.52 bits per heavy atom. The third-order valence-electron chi connectivity index (χ3n) is 4.13. The lowest BCUT2D eigenvalue weighted by atomic mass is 10.2. The minimum Gasteiger partial charge on any atom is -0.307 e. The maximum Gasteiger partial charge on any atom is 0.416 e. The molecule has 1 aliphatic heterocycles. The van der Waals surface area contributed by atoms with Gasteiger partial charge in [0.25, 0.3) is 10.0 Å². The monoisotopic (exact) mass is 367 g/mol. The Hall–Kier alpha value is -2.55. The van der Waals surface area contributed by atoms with Crippen molar-refractivity contribution in [3.05, 3.63) is 54.1 Å². The number of nitrogens with zero attached hydrogens (tertiary/aromatic N) is 3. The van der Waals surface area contributed by atoms with Gasteiger partial charge < -0.3 is 4.57 Å². The van der Waals surface area contributed by atoms with E-state index < -0.39 is 26.7 Å². The van der Waals surface area contributed by atoms with Gasteiger partial charge in [-0.2, -0.15) is 13.2 Å². The molecule has 0 N–H and O–H groups in total. The maximum atomic E-state index is 12.9. The van der Waals surface area contributed by atoms with Gasteiger partial charge in [0, 0.05) is 6.54 Å². The van der Waals surface area contributed by atoms with Crippen molar-refractivity contribution in [1.29, 1.82) is 0 Å². The lowest BCUT2D eigenvalue weighted by Gasteiger charge is -2.17. The highest BCUT2D eigenvalue weighted by atomic mass is 32.2. The van der Waals surface area contributed by atoms with Crippen LogP contribution >= 0.6 is 0 Å². The second kappa shape index (κ2) is 5.22. The fourth-order valence-electron chi connectivity index (χ4n) is 2.95. The number of sulfonamides is 1. The molecule has 0 fully saturated rings. The molecule has 2 aromatic carbocycles. The number of para-hydroxylation sites is 2. The fourth-order valence-corrected chi connectivity index (χ4v) is 4.41. The molecule has 0 atom stereocenters. The highest BCUT2D eigenvalue weighted by molar-refractivity contribution is 7.92. The summed E-state index contributed by atoms with van der Waals surface area (Å²) in [6.07, 6.45) is -4.61. The number of aromatic nitrogens is 2. The quantitative estimate of drug-likeness (QED) is 0.699. The first kappa shape index (κ1) is 15.9. The summed E-state index contributed by atoms with van der Waals surface area (Å²) in [5, 5.41) is 0. The molecule has 4 rings (SSSR count). The van der Waals surface area contributed by atoms with Crippen molar-refractivity contribution < 1.29 is 21.6 Å². The van der Waals surface area contributed by atoms with Crippen LogP contribution < -0.4 is 4.31 Å². The average Bonchev–Trinajstić information content (AvgIpc) is 3.13. The van der Waals surface area contributed by atoms with Crippen molar-refractivity contribution in [1.82, 2.24) is 9.55 Å². The van der Waals surface area contributed by atoms with Crippen LogP contribution in [-0.2, 0) is 22.7 Å². The molecule has 2 heterocycles. The van der Waals surface area contributed by atoms with E-state index in [0.29, 0.717) is 18.1 Å². The molecule has 3 aromatic rings. The Bertz CT molecular complexity index is 1070. The number of halogens is 3. The van der Waals surface area contributed by atoms with Crippen LogP contribution in [0.4, 0.5) is 19.1 Å². The van der Waals surface area contributed by atoms with Gasteiger partial charge >= 0.3 is 6.18 Å². The SMILES string of the molecule is O=S(=O)(c1cccc(C(F)(F)F)c1)N1CCn2c1nc1ccccc12. The molecule has 1 aromatic heterocycles. The molecule has 0 saturated heterocycles. The standard InChI is InChI=1S/C16H12F3N3O2S/c17-16(18,19)11-4-3-5-12(10-11)25(23,24)22-9-8-21-14-7-2-1-6-13(14)20-15(21)22/h1-7,10H,8-9H2. The summed E-state index contributed by atoms with van der Waals surface area (Å²) in [5.41, 5.74) is 0.432. The summed E-state index contributed by atoms with van der Waals surface area (Å²) >= 11 is 0. The van der Waals surface area contributed by atoms with E-state index in [9.17, 15) is 21.6 Å². The van der Waals surface area contributed by atoms with Gasteiger partial charge in [0.05, 0.1) is 28.0 Å². The van der Waals surface area contributed by atoms with Gasteiger partial charge in [0.1, 0.15) is 0 Å². The minimum atomic E-state index is -4.61. The van der Waals surface area contributed by atoms with Crippen molar-refractivity contribution in [2.24, 2.45) is 0 Å². The number of hydrogen-bond acceptors (Lipinski definition) is 3. The lowest BCUT2D eigenvalue weighted by molar-refractivity contribution is -0.137. The zero-order chi connectivity index (χ0) is 17.8. The van der Waals surface area contributed by atoms with Crippen LogP contribution in [0.3, 0.4) is 0 Å². The molecule has 0 saturated carbocycles. The number of alkyl halides is 3. The first-order valence-electron chi connectivity index (χ1n) is 7.44. The number of anilines is 1. The van der Waals surface area contributed by atoms with E-state index in [-0.39, 0.29) is 12.5 Å². The van der Waals surface area contributed by atoms with E-state index in [4.69, 9.17) is 0 Å². The summed E-state index contributed by atoms with van der Waals surface area (Å²) in [6.45, 7) is 0.528. The van der Waals surface area contributed by atoms with Gasteiger partial charge in [0.15, 0.2) is 0 Å². The highest BCUT2D eigenvalue weighted by Gasteiger charge is 2.36. The van der Waals surface area contributed by atoms with Crippen LogP contribution in [0.15, 0.2) is 53.4 Å². The molecule has 0 amide bonds. The average molecular weight is 367 g/mol. The first-order valence-corrected chi connectivity index (χ1v) is 8.88. The summed E-state index contributed by atoms with van der Waals surface area (Å²) in [7, 11) is -4.13. The minimum absolute atomic E-state index is 0.131. The molecule has 0 radical (unpaired) electrons. The second-order valence-electron chi connectivity index (χ2n) is 5.65. The molecular formula is C16H12F3N3O2S. The normalized spacial score (nSPS) is 14.9. The molecule has 1 aliphatic rings. The van der Waals surface area contributed by atoms with Crippen LogP contribution in [0, 0.1) is 0 Å². The van der Waals surface area contributed by atoms with Gasteiger partial charge in [0.2, 0.25) is 5.95 Å². The molecule has 0 aliphatic carbocycles. The van der Waals surface area contributed by atoms with Gasteiger partial charge in [-0.05, 0) is 30.3 Å². The third kappa shape index (κ3) is 2.46. The van der Waals surface area contributed by atoms with Crippen LogP contribution in [0.1, 0.15) is 5.56 Å². The highest BCUT2D eigenvalue weighted by Crippen LogP contribution is 2.34. The number of imidazole rings is 1. The number of fused-ring (bicyclic) bond motifs is 3. The Morgan fingerprint density at radius 2 is 1.76 bits per heavy atom. The van der Waals surface area contributed by atoms with E-state index in [2.05, 4.69) is 4.98 Å². The van der Waals surface area contributed by atoms with Crippen LogP contribution in [-0.4, -0.2) is 24.5 Å². The summed E-state index contributed by atoms with van der Waals surface area (Å²) < 4.78 is 67.2. The Balaban J connectivity index is 1.81. The fraction of sp³-hybridized carbons (Fsp3) is 0.188. The van der Waals surface area contributed by atoms with E-state index in [1.165, 1.54) is 0 Å². The number of hydrogen-bond donors (Lipinski definition) is 0. The van der Waals surface area contributed by atoms with E-state index in [0.717, 1.165) is 28.0 Å². The molecule has 9 heteroatoms. The largest absolute Gasteiger partial charge is 0.416 e. The predicted molar refractivity (Wildman–Crippen MR) is 85.7 cm³/mol. The van der Waals surface area contributed by atoms with Crippen LogP contribution in [0.2, 0.25) is 0 Å². The summed E-state index contributed by atoms with van der Waals surface area (Å²) in [5.74, 6) is 0.221. The van der Waals surface area contributed by atoms with Crippen molar-refractivity contribution in [3.8, 4) is 0 Å². The van der Waals surface area contributed by atoms with Crippen LogP contribution in [0.25, 0.3) is 11.0 Å². The molecule has 130 valence electrons. The van der Waals surface area contributed by atoms with E-state index in [1.807, 2.05) is 12.1 Å². The third-order valence-corrected chi connectivity index (χ3v) is 5.91. The summed E-state index contributed by atoms with van der Waals surface area (Å²) in [6, 6.07) is 10.9. The van der Waals surface area contributed by atoms with E-state index in [1.54, 1.807) is 16.7 Å². The smallest absolute Gasteiger partial charge is 0.307 e. The van der Waals surface area contributed by atoms with Crippen molar-refractivity contribution in [2.45, 2.75) is 17.6 Å². The predicted octanol–water partition coefficient (Wildman–Crippen LogP) is 3.26. The van der Waals surface area contributed by atoms with Gasteiger partial charge in [-0.1, -0.05) is 18.2 Å². The Labute approximate surface area is 141 Å². The van der Waals surface area contributed by atoms with Crippen molar-refractivity contribution in [3.63, 3.8) is 0 Å². The summed E-state index contributed by atoms with van der Waals surface area (Å²) in [4.78, 5) is 3.92. The van der Waals surface area contributed by atoms with Crippen LogP contribution in [0.5, 0.6) is 0 Å². The first-order chi connectivity index (χ1) is 11.8. The zero-order valence-electron chi connectivity index (χ0n) is 12.7. The molecule has 25 heavy (non-hydrogen) atoms. The van der Waals surface area contributed by atoms with Crippen molar-refractivity contribution in [2.75, 3.05) is 10.8 Å². The topological polar surface area (TPSA) is 55.2 Å². The number of benzene rings is 2. The van der Waals surface area contributed by atoms with Crippen molar-refractivity contribution >= 4 is 27.0 Å². The molecular weight excluding hydrogens is 355 g/mol. The molecule has 0 unspecified atom stereocenters. The zero-order valence-corrected chi connectivity index (χ0v) is 13.5. The Kier molecular flexibility index (Phi) is 3.33. The van der Waals surface area contributed by atoms with Gasteiger partial charge in [-0.25, -0.2) is 17.7 Å². The lowest BCUT2D eigenvalue weighted by Crippen LogP contribution is -2.29. The van der Waals surface area contributed by atoms with Gasteiger partial charge in [-0.3, -0.25) is 0 Å². The molecule has 5 nitrogen and oxygen atoms in total. The maximum absolute atomic E-state index is 12.9. The number of rotatable bonds is 2. The Morgan fingerprint density at radius 1 is 1.00 bits per heavy atom. The molecule has 0 bridgehead atoms. The van der Waals surface area contributed by atoms with E-state index >= 15 is 0 Å². The van der Waals surface area contributed by atoms with Gasteiger partial charge in [-0.15, -0.1) is 0 Å². The molecule has 0 spiro atoms. The second-order valence-corrected chi connectivity index (χ2v) is 7.52.